The van der Waals surface area contributed by atoms with E-state index in [1.54, 1.807) is 30.3 Å². The number of nitrogens with one attached hydrogen (secondary N) is 1. The van der Waals surface area contributed by atoms with Crippen molar-refractivity contribution in [3.05, 3.63) is 54.6 Å². The number of hydrogen-bond acceptors (Lipinski definition) is 8. The summed E-state index contributed by atoms with van der Waals surface area (Å²) < 4.78 is 56.1. The molecule has 4 rings (SSSR count). The lowest BCUT2D eigenvalue weighted by Crippen LogP contribution is -2.43. The second kappa shape index (κ2) is 9.04. The summed E-state index contributed by atoms with van der Waals surface area (Å²) in [5, 5.41) is 10.2. The number of aromatic nitrogens is 2. The zero-order chi connectivity index (χ0) is 23.6. The number of sulfone groups is 1. The molecule has 1 amide bonds. The number of hydrogen-bond donors (Lipinski definition) is 1. The summed E-state index contributed by atoms with van der Waals surface area (Å²) in [5.41, 5.74) is 0.392. The number of carbonyl (C=O) groups is 1. The lowest BCUT2D eigenvalue weighted by molar-refractivity contribution is -0.121. The van der Waals surface area contributed by atoms with Gasteiger partial charge in [-0.1, -0.05) is 29.4 Å². The maximum absolute atomic E-state index is 12.9. The molecule has 1 unspecified atom stereocenters. The second-order valence-corrected chi connectivity index (χ2v) is 11.7. The van der Waals surface area contributed by atoms with Crippen molar-refractivity contribution in [2.45, 2.75) is 22.6 Å². The van der Waals surface area contributed by atoms with Gasteiger partial charge in [-0.05, 0) is 43.2 Å². The van der Waals surface area contributed by atoms with E-state index >= 15 is 0 Å². The third-order valence-electron chi connectivity index (χ3n) is 5.30. The Hall–Kier alpha value is -3.09. The topological polar surface area (TPSA) is 140 Å². The first-order valence-electron chi connectivity index (χ1n) is 10.1. The highest BCUT2D eigenvalue weighted by Gasteiger charge is 2.33. The Morgan fingerprint density at radius 3 is 2.48 bits per heavy atom. The van der Waals surface area contributed by atoms with Crippen LogP contribution in [0.3, 0.4) is 0 Å². The molecule has 1 aromatic heterocycles. The average molecular weight is 491 g/mol. The van der Waals surface area contributed by atoms with E-state index in [4.69, 9.17) is 4.42 Å². The highest BCUT2D eigenvalue weighted by Crippen LogP contribution is 2.26. The summed E-state index contributed by atoms with van der Waals surface area (Å²) in [5.74, 6) is -0.961. The first-order valence-corrected chi connectivity index (χ1v) is 13.5. The third kappa shape index (κ3) is 5.13. The van der Waals surface area contributed by atoms with Crippen molar-refractivity contribution in [1.82, 2.24) is 14.5 Å². The van der Waals surface area contributed by atoms with Gasteiger partial charge in [-0.2, -0.15) is 4.31 Å². The van der Waals surface area contributed by atoms with E-state index in [0.29, 0.717) is 24.9 Å². The molecular weight excluding hydrogens is 468 g/mol. The van der Waals surface area contributed by atoms with Gasteiger partial charge in [0, 0.05) is 24.9 Å². The van der Waals surface area contributed by atoms with Crippen LogP contribution in [0, 0.1) is 5.92 Å². The molecule has 0 spiro atoms. The molecule has 0 bridgehead atoms. The van der Waals surface area contributed by atoms with Gasteiger partial charge in [0.2, 0.25) is 21.8 Å². The van der Waals surface area contributed by atoms with Crippen LogP contribution in [0.5, 0.6) is 0 Å². The van der Waals surface area contributed by atoms with Crippen LogP contribution in [0.4, 0.5) is 6.01 Å². The van der Waals surface area contributed by atoms with Gasteiger partial charge >= 0.3 is 6.01 Å². The van der Waals surface area contributed by atoms with Gasteiger partial charge in [-0.15, -0.1) is 5.10 Å². The van der Waals surface area contributed by atoms with Crippen LogP contribution in [0.15, 0.2) is 68.8 Å². The van der Waals surface area contributed by atoms with E-state index < -0.39 is 31.7 Å². The average Bonchev–Trinajstić information content (AvgIpc) is 3.28. The van der Waals surface area contributed by atoms with Gasteiger partial charge in [0.25, 0.3) is 0 Å². The number of nitrogens with zero attached hydrogens (tertiary/aromatic N) is 3. The third-order valence-corrected chi connectivity index (χ3v) is 8.29. The normalized spacial score (nSPS) is 17.5. The molecular formula is C21H22N4O6S2. The van der Waals surface area contributed by atoms with Gasteiger partial charge in [-0.3, -0.25) is 10.1 Å². The van der Waals surface area contributed by atoms with Crippen LogP contribution in [-0.4, -0.2) is 56.6 Å². The minimum absolute atomic E-state index is 0.0421. The van der Waals surface area contributed by atoms with E-state index in [9.17, 15) is 21.6 Å². The summed E-state index contributed by atoms with van der Waals surface area (Å²) >= 11 is 0. The fraction of sp³-hybridized carbons (Fsp3) is 0.286. The lowest BCUT2D eigenvalue weighted by Gasteiger charge is -2.30. The van der Waals surface area contributed by atoms with Crippen LogP contribution >= 0.6 is 0 Å². The van der Waals surface area contributed by atoms with Gasteiger partial charge in [0.15, 0.2) is 9.84 Å². The van der Waals surface area contributed by atoms with E-state index in [1.807, 2.05) is 0 Å². The van der Waals surface area contributed by atoms with Crippen LogP contribution < -0.4 is 5.32 Å². The molecule has 0 saturated carbocycles. The molecule has 1 N–H and O–H groups in total. The van der Waals surface area contributed by atoms with Crippen molar-refractivity contribution in [1.29, 1.82) is 0 Å². The van der Waals surface area contributed by atoms with Crippen LogP contribution in [0.2, 0.25) is 0 Å². The van der Waals surface area contributed by atoms with Gasteiger partial charge < -0.3 is 4.42 Å². The Morgan fingerprint density at radius 1 is 1.03 bits per heavy atom. The predicted octanol–water partition coefficient (Wildman–Crippen LogP) is 2.18. The van der Waals surface area contributed by atoms with Gasteiger partial charge in [0.05, 0.1) is 15.7 Å². The standard InChI is InChI=1S/C21H22N4O6S2/c1-32(27,28)18-11-5-7-15(13-18)20-23-24-21(31-20)22-19(26)16-8-6-12-25(14-16)33(29,30)17-9-3-2-4-10-17/h2-5,7,9-11,13,16H,6,8,12,14H2,1H3,(H,22,24,26). The Morgan fingerprint density at radius 2 is 1.76 bits per heavy atom. The fourth-order valence-electron chi connectivity index (χ4n) is 3.57. The molecule has 33 heavy (non-hydrogen) atoms. The predicted molar refractivity (Wildman–Crippen MR) is 119 cm³/mol. The SMILES string of the molecule is CS(=O)(=O)c1cccc(-c2nnc(NC(=O)C3CCCN(S(=O)(=O)c4ccccc4)C3)o2)c1. The quantitative estimate of drug-likeness (QED) is 0.555. The molecule has 0 aliphatic carbocycles. The highest BCUT2D eigenvalue weighted by molar-refractivity contribution is 7.90. The van der Waals surface area contributed by atoms with E-state index in [0.717, 1.165) is 6.26 Å². The number of piperidine rings is 1. The number of anilines is 1. The van der Waals surface area contributed by atoms with E-state index in [-0.39, 0.29) is 28.2 Å². The molecule has 1 aliphatic heterocycles. The highest BCUT2D eigenvalue weighted by atomic mass is 32.2. The largest absolute Gasteiger partial charge is 0.403 e. The first kappa shape index (κ1) is 23.1. The Bertz CT molecular complexity index is 1370. The van der Waals surface area contributed by atoms with Crippen molar-refractivity contribution in [2.75, 3.05) is 24.7 Å². The zero-order valence-electron chi connectivity index (χ0n) is 17.7. The Labute approximate surface area is 191 Å². The van der Waals surface area contributed by atoms with Crippen molar-refractivity contribution in [3.8, 4) is 11.5 Å². The van der Waals surface area contributed by atoms with Crippen molar-refractivity contribution >= 4 is 31.8 Å². The van der Waals surface area contributed by atoms with Gasteiger partial charge in [-0.25, -0.2) is 16.8 Å². The molecule has 10 nitrogen and oxygen atoms in total. The summed E-state index contributed by atoms with van der Waals surface area (Å²) in [6.45, 7) is 0.378. The van der Waals surface area contributed by atoms with Crippen LogP contribution in [0.25, 0.3) is 11.5 Å². The summed E-state index contributed by atoms with van der Waals surface area (Å²) in [6.07, 6.45) is 2.15. The first-order chi connectivity index (χ1) is 15.6. The second-order valence-electron chi connectivity index (χ2n) is 7.72. The fourth-order valence-corrected chi connectivity index (χ4v) is 5.79. The number of sulfonamides is 1. The number of amides is 1. The van der Waals surface area contributed by atoms with Crippen molar-refractivity contribution < 1.29 is 26.0 Å². The monoisotopic (exact) mass is 490 g/mol. The van der Waals surface area contributed by atoms with Gasteiger partial charge in [0.1, 0.15) is 0 Å². The molecule has 1 aliphatic rings. The molecule has 1 atom stereocenters. The van der Waals surface area contributed by atoms with E-state index in [2.05, 4.69) is 15.5 Å². The summed E-state index contributed by atoms with van der Waals surface area (Å²) in [4.78, 5) is 13.1. The summed E-state index contributed by atoms with van der Waals surface area (Å²) in [7, 11) is -7.11. The minimum Gasteiger partial charge on any atom is -0.403 e. The summed E-state index contributed by atoms with van der Waals surface area (Å²) in [6, 6.07) is 14.0. The smallest absolute Gasteiger partial charge is 0.322 e. The molecule has 12 heteroatoms. The molecule has 2 heterocycles. The molecule has 1 fully saturated rings. The molecule has 0 radical (unpaired) electrons. The maximum Gasteiger partial charge on any atom is 0.322 e. The molecule has 1 saturated heterocycles. The lowest BCUT2D eigenvalue weighted by atomic mass is 9.99. The Balaban J connectivity index is 1.46. The maximum atomic E-state index is 12.9. The van der Waals surface area contributed by atoms with Crippen molar-refractivity contribution in [3.63, 3.8) is 0 Å². The number of carbonyl (C=O) groups excluding carboxylic acids is 1. The van der Waals surface area contributed by atoms with E-state index in [1.165, 1.54) is 28.6 Å². The number of benzene rings is 2. The van der Waals surface area contributed by atoms with Crippen LogP contribution in [0.1, 0.15) is 12.8 Å². The molecule has 174 valence electrons. The zero-order valence-corrected chi connectivity index (χ0v) is 19.3. The minimum atomic E-state index is -3.70. The molecule has 3 aromatic rings. The van der Waals surface area contributed by atoms with Crippen LogP contribution in [-0.2, 0) is 24.7 Å². The number of rotatable bonds is 6. The Kier molecular flexibility index (Phi) is 6.32. The van der Waals surface area contributed by atoms with Crippen molar-refractivity contribution in [2.24, 2.45) is 5.92 Å². The molecule has 2 aromatic carbocycles.